The van der Waals surface area contributed by atoms with Gasteiger partial charge in [0, 0.05) is 17.8 Å². The highest BCUT2D eigenvalue weighted by Crippen LogP contribution is 2.38. The molecule has 0 spiro atoms. The van der Waals surface area contributed by atoms with Crippen molar-refractivity contribution in [2.24, 2.45) is 0 Å². The van der Waals surface area contributed by atoms with Crippen LogP contribution in [-0.2, 0) is 4.79 Å². The number of amides is 1. The molecular formula is C15H18ClN3O. The van der Waals surface area contributed by atoms with Crippen molar-refractivity contribution in [2.45, 2.75) is 19.4 Å². The van der Waals surface area contributed by atoms with Crippen molar-refractivity contribution in [2.75, 3.05) is 30.4 Å². The quantitative estimate of drug-likeness (QED) is 0.819. The highest BCUT2D eigenvalue weighted by atomic mass is 35.5. The zero-order valence-electron chi connectivity index (χ0n) is 11.7. The number of fused-ring (bicyclic) bond motifs is 1. The highest BCUT2D eigenvalue weighted by Gasteiger charge is 2.30. The van der Waals surface area contributed by atoms with Crippen LogP contribution in [0.5, 0.6) is 0 Å². The predicted molar refractivity (Wildman–Crippen MR) is 83.2 cm³/mol. The van der Waals surface area contributed by atoms with Gasteiger partial charge in [-0.2, -0.15) is 0 Å². The third-order valence-corrected chi connectivity index (χ3v) is 3.66. The largest absolute Gasteiger partial charge is 0.359 e. The summed E-state index contributed by atoms with van der Waals surface area (Å²) in [6.07, 6.45) is 6.38. The Hall–Kier alpha value is -1.70. The van der Waals surface area contributed by atoms with Gasteiger partial charge in [-0.15, -0.1) is 6.42 Å². The van der Waals surface area contributed by atoms with Gasteiger partial charge in [0.05, 0.1) is 17.3 Å². The zero-order chi connectivity index (χ0) is 14.7. The summed E-state index contributed by atoms with van der Waals surface area (Å²) in [7, 11) is 1.75. The Labute approximate surface area is 124 Å². The van der Waals surface area contributed by atoms with Crippen LogP contribution < -0.4 is 15.5 Å². The second kappa shape index (κ2) is 6.17. The second-order valence-corrected chi connectivity index (χ2v) is 5.13. The molecule has 0 aliphatic carbocycles. The number of anilines is 2. The van der Waals surface area contributed by atoms with E-state index in [2.05, 4.69) is 23.5 Å². The topological polar surface area (TPSA) is 44.4 Å². The minimum absolute atomic E-state index is 0.0605. The van der Waals surface area contributed by atoms with Gasteiger partial charge in [-0.25, -0.2) is 0 Å². The summed E-state index contributed by atoms with van der Waals surface area (Å²) in [6.45, 7) is 3.41. The fraction of sp³-hybridized carbons (Fsp3) is 0.400. The van der Waals surface area contributed by atoms with Crippen LogP contribution in [0.25, 0.3) is 0 Å². The molecule has 0 aromatic heterocycles. The van der Waals surface area contributed by atoms with Crippen molar-refractivity contribution < 1.29 is 4.79 Å². The van der Waals surface area contributed by atoms with E-state index < -0.39 is 0 Å². The minimum Gasteiger partial charge on any atom is -0.359 e. The van der Waals surface area contributed by atoms with Gasteiger partial charge in [0.15, 0.2) is 0 Å². The van der Waals surface area contributed by atoms with E-state index in [1.165, 1.54) is 0 Å². The van der Waals surface area contributed by atoms with Gasteiger partial charge in [-0.3, -0.25) is 4.79 Å². The fourth-order valence-electron chi connectivity index (χ4n) is 2.46. The van der Waals surface area contributed by atoms with Crippen LogP contribution in [0.4, 0.5) is 11.4 Å². The fourth-order valence-corrected chi connectivity index (χ4v) is 2.76. The summed E-state index contributed by atoms with van der Waals surface area (Å²) in [5.41, 5.74) is 2.54. The molecule has 20 heavy (non-hydrogen) atoms. The van der Waals surface area contributed by atoms with Crippen molar-refractivity contribution in [1.29, 1.82) is 0 Å². The summed E-state index contributed by atoms with van der Waals surface area (Å²) in [5, 5.41) is 6.46. The molecule has 5 heteroatoms. The Bertz CT molecular complexity index is 565. The number of likely N-dealkylation sites (N-methyl/N-ethyl adjacent to an activating group) is 1. The monoisotopic (exact) mass is 291 g/mol. The maximum Gasteiger partial charge on any atom is 0.246 e. The minimum atomic E-state index is -0.344. The number of carbonyl (C=O) groups excluding carboxylic acids is 1. The molecule has 4 nitrogen and oxygen atoms in total. The highest BCUT2D eigenvalue weighted by molar-refractivity contribution is 6.33. The van der Waals surface area contributed by atoms with Gasteiger partial charge in [0.1, 0.15) is 6.04 Å². The van der Waals surface area contributed by atoms with Crippen LogP contribution in [0.1, 0.15) is 24.9 Å². The standard InChI is InChI=1S/C15H18ClN3O/c1-4-6-19(7-5-2)13-9-12-10(8-11(13)16)14(17-3)15(20)18-12/h1,8-9,14,17H,5-7H2,2-3H3,(H,18,20). The van der Waals surface area contributed by atoms with Gasteiger partial charge in [0.2, 0.25) is 5.91 Å². The van der Waals surface area contributed by atoms with Crippen molar-refractivity contribution in [3.63, 3.8) is 0 Å². The van der Waals surface area contributed by atoms with E-state index in [1.807, 2.05) is 17.0 Å². The molecule has 1 unspecified atom stereocenters. The molecule has 1 amide bonds. The molecule has 0 saturated heterocycles. The Kier molecular flexibility index (Phi) is 4.53. The van der Waals surface area contributed by atoms with E-state index in [9.17, 15) is 4.79 Å². The maximum atomic E-state index is 11.8. The van der Waals surface area contributed by atoms with Crippen molar-refractivity contribution in [3.05, 3.63) is 22.7 Å². The molecule has 2 rings (SSSR count). The molecule has 1 aromatic rings. The number of hydrogen-bond acceptors (Lipinski definition) is 3. The Balaban J connectivity index is 2.41. The average molecular weight is 292 g/mol. The maximum absolute atomic E-state index is 11.8. The van der Waals surface area contributed by atoms with Crippen LogP contribution in [0, 0.1) is 12.3 Å². The second-order valence-electron chi connectivity index (χ2n) is 4.73. The smallest absolute Gasteiger partial charge is 0.246 e. The van der Waals surface area contributed by atoms with Crippen LogP contribution in [-0.4, -0.2) is 26.0 Å². The number of carbonyl (C=O) groups is 1. The van der Waals surface area contributed by atoms with Crippen molar-refractivity contribution in [3.8, 4) is 12.3 Å². The Morgan fingerprint density at radius 1 is 1.55 bits per heavy atom. The summed E-state index contributed by atoms with van der Waals surface area (Å²) in [6, 6.07) is 3.40. The molecule has 1 aliphatic heterocycles. The van der Waals surface area contributed by atoms with Crippen LogP contribution in [0.15, 0.2) is 12.1 Å². The van der Waals surface area contributed by atoms with E-state index in [0.717, 1.165) is 29.9 Å². The molecule has 1 heterocycles. The third kappa shape index (κ3) is 2.60. The first kappa shape index (κ1) is 14.7. The lowest BCUT2D eigenvalue weighted by Crippen LogP contribution is -2.24. The van der Waals surface area contributed by atoms with E-state index in [0.29, 0.717) is 11.6 Å². The van der Waals surface area contributed by atoms with Crippen LogP contribution in [0.2, 0.25) is 5.02 Å². The summed E-state index contributed by atoms with van der Waals surface area (Å²) in [5.74, 6) is 2.58. The lowest BCUT2D eigenvalue weighted by atomic mass is 10.1. The molecular weight excluding hydrogens is 274 g/mol. The lowest BCUT2D eigenvalue weighted by Gasteiger charge is -2.24. The average Bonchev–Trinajstić information content (AvgIpc) is 2.72. The van der Waals surface area contributed by atoms with E-state index >= 15 is 0 Å². The van der Waals surface area contributed by atoms with E-state index in [4.69, 9.17) is 18.0 Å². The molecule has 2 N–H and O–H groups in total. The number of nitrogens with one attached hydrogen (secondary N) is 2. The first-order valence-electron chi connectivity index (χ1n) is 6.62. The number of rotatable bonds is 5. The van der Waals surface area contributed by atoms with Crippen molar-refractivity contribution in [1.82, 2.24) is 5.32 Å². The predicted octanol–water partition coefficient (Wildman–Crippen LogP) is 2.40. The van der Waals surface area contributed by atoms with Crippen LogP contribution >= 0.6 is 11.6 Å². The van der Waals surface area contributed by atoms with Gasteiger partial charge < -0.3 is 15.5 Å². The number of terminal acetylenes is 1. The number of hydrogen-bond donors (Lipinski definition) is 2. The van der Waals surface area contributed by atoms with Gasteiger partial charge in [-0.1, -0.05) is 24.4 Å². The first-order valence-corrected chi connectivity index (χ1v) is 7.00. The molecule has 0 radical (unpaired) electrons. The molecule has 1 aromatic carbocycles. The molecule has 106 valence electrons. The molecule has 0 fully saturated rings. The molecule has 0 saturated carbocycles. The molecule has 0 bridgehead atoms. The van der Waals surface area contributed by atoms with Gasteiger partial charge >= 0.3 is 0 Å². The third-order valence-electron chi connectivity index (χ3n) is 3.36. The summed E-state index contributed by atoms with van der Waals surface area (Å²) < 4.78 is 0. The molecule has 1 atom stereocenters. The Morgan fingerprint density at radius 3 is 2.90 bits per heavy atom. The number of halogens is 1. The summed E-state index contributed by atoms with van der Waals surface area (Å²) >= 11 is 6.37. The van der Waals surface area contributed by atoms with E-state index in [1.54, 1.807) is 7.05 Å². The Morgan fingerprint density at radius 2 is 2.30 bits per heavy atom. The first-order chi connectivity index (χ1) is 9.62. The number of nitrogens with zero attached hydrogens (tertiary/aromatic N) is 1. The van der Waals surface area contributed by atoms with Gasteiger partial charge in [-0.05, 0) is 25.6 Å². The SMILES string of the molecule is C#CCN(CCC)c1cc2c(cc1Cl)C(NC)C(=O)N2. The summed E-state index contributed by atoms with van der Waals surface area (Å²) in [4.78, 5) is 13.9. The zero-order valence-corrected chi connectivity index (χ0v) is 12.4. The molecule has 1 aliphatic rings. The van der Waals surface area contributed by atoms with Crippen molar-refractivity contribution >= 4 is 28.9 Å². The van der Waals surface area contributed by atoms with Gasteiger partial charge in [0.25, 0.3) is 0 Å². The normalized spacial score (nSPS) is 16.5. The number of benzene rings is 1. The lowest BCUT2D eigenvalue weighted by molar-refractivity contribution is -0.117. The van der Waals surface area contributed by atoms with Crippen LogP contribution in [0.3, 0.4) is 0 Å². The van der Waals surface area contributed by atoms with E-state index in [-0.39, 0.29) is 11.9 Å².